The van der Waals surface area contributed by atoms with Gasteiger partial charge in [-0.1, -0.05) is 7.77 Å². The number of hydrogen-bond acceptors (Lipinski definition) is 2. The summed E-state index contributed by atoms with van der Waals surface area (Å²) in [5.41, 5.74) is 0. The van der Waals surface area contributed by atoms with E-state index in [2.05, 4.69) is 0 Å². The van der Waals surface area contributed by atoms with Crippen LogP contribution in [0.1, 0.15) is 0 Å². The molecule has 0 aromatic heterocycles. The van der Waals surface area contributed by atoms with Crippen molar-refractivity contribution in [2.24, 2.45) is 0 Å². The Morgan fingerprint density at radius 3 is 1.18 bits per heavy atom. The van der Waals surface area contributed by atoms with Crippen LogP contribution in [-0.2, 0) is 10.6 Å². The third-order valence-electron chi connectivity index (χ3n) is 0.152. The normalized spacial score (nSPS) is 11.8. The first-order valence-corrected chi connectivity index (χ1v) is 3.11. The number of hydrogen-bond donors (Lipinski definition) is 0. The van der Waals surface area contributed by atoms with Crippen LogP contribution in [0.4, 0.5) is 25.3 Å². The van der Waals surface area contributed by atoms with Crippen molar-refractivity contribution in [3.63, 3.8) is 0 Å². The molecule has 0 amide bonds. The van der Waals surface area contributed by atoms with E-state index in [-0.39, 0.29) is 0 Å². The van der Waals surface area contributed by atoms with Crippen LogP contribution in [0.3, 0.4) is 0 Å². The summed E-state index contributed by atoms with van der Waals surface area (Å²) in [4.78, 5) is 0. The van der Waals surface area contributed by atoms with E-state index in [1.165, 1.54) is 0 Å². The molecule has 0 saturated heterocycles. The lowest BCUT2D eigenvalue weighted by molar-refractivity contribution is -0.142. The van der Waals surface area contributed by atoms with Crippen LogP contribution >= 0.6 is 0 Å². The van der Waals surface area contributed by atoms with E-state index in [4.69, 9.17) is 8.42 Å². The van der Waals surface area contributed by atoms with Gasteiger partial charge >= 0.3 is 16.8 Å². The van der Waals surface area contributed by atoms with Crippen molar-refractivity contribution in [2.75, 3.05) is 6.67 Å². The van der Waals surface area contributed by atoms with E-state index < -0.39 is 23.5 Å². The Morgan fingerprint density at radius 2 is 1.18 bits per heavy atom. The van der Waals surface area contributed by atoms with Crippen molar-refractivity contribution >= 4 is 10.6 Å². The Labute approximate surface area is 58.3 Å². The summed E-state index contributed by atoms with van der Waals surface area (Å²) < 4.78 is 78.2. The van der Waals surface area contributed by atoms with Crippen LogP contribution in [0.5, 0.6) is 0 Å². The van der Waals surface area contributed by atoms with Crippen LogP contribution in [0, 0.1) is 0 Å². The smallest absolute Gasteiger partial charge is 0.241 e. The monoisotopic (exact) mass is 204 g/mol. The van der Waals surface area contributed by atoms with Gasteiger partial charge in [-0.05, 0) is 0 Å². The zero-order valence-corrected chi connectivity index (χ0v) is 5.52. The van der Waals surface area contributed by atoms with Gasteiger partial charge in [0.25, 0.3) is 0 Å². The molecule has 0 unspecified atom stereocenters. The molecule has 0 saturated carbocycles. The van der Waals surface area contributed by atoms with Gasteiger partial charge in [0.2, 0.25) is 0 Å². The van der Waals surface area contributed by atoms with Gasteiger partial charge in [-0.2, -0.15) is 21.6 Å². The van der Waals surface area contributed by atoms with E-state index in [1.54, 1.807) is 0 Å². The molecule has 0 rings (SSSR count). The largest absolute Gasteiger partial charge is 0.476 e. The zero-order valence-electron chi connectivity index (χ0n) is 4.70. The third-order valence-corrected chi connectivity index (χ3v) is 0.152. The van der Waals surface area contributed by atoms with Crippen molar-refractivity contribution in [2.45, 2.75) is 6.18 Å². The molecule has 9 heteroatoms. The van der Waals surface area contributed by atoms with Crippen LogP contribution in [-0.4, -0.2) is 21.3 Å². The second kappa shape index (κ2) is 4.42. The molecular weight excluding hydrogens is 202 g/mol. The summed E-state index contributed by atoms with van der Waals surface area (Å²) in [6.07, 6.45) is -4.62. The quantitative estimate of drug-likeness (QED) is 0.444. The Hall–Kier alpha value is -0.470. The van der Waals surface area contributed by atoms with E-state index in [1.807, 2.05) is 0 Å². The number of rotatable bonds is 0. The molecule has 0 atom stereocenters. The van der Waals surface area contributed by atoms with Crippen molar-refractivity contribution in [1.29, 1.82) is 0 Å². The lowest BCUT2D eigenvalue weighted by Gasteiger charge is -1.93. The van der Waals surface area contributed by atoms with Gasteiger partial charge in [-0.3, -0.25) is 0 Å². The summed E-state index contributed by atoms with van der Waals surface area (Å²) in [7, 11) is -5.67. The van der Waals surface area contributed by atoms with E-state index in [9.17, 15) is 25.3 Å². The molecule has 0 aromatic rings. The third kappa shape index (κ3) is 84.4. The highest BCUT2D eigenvalue weighted by Crippen LogP contribution is 2.13. The molecule has 0 N–H and O–H groups in total. The molecule has 0 fully saturated rings. The Morgan fingerprint density at radius 1 is 1.09 bits per heavy atom. The van der Waals surface area contributed by atoms with Crippen LogP contribution in [0.25, 0.3) is 0 Å². The van der Waals surface area contributed by atoms with Crippen LogP contribution in [0.2, 0.25) is 0 Å². The summed E-state index contributed by atoms with van der Waals surface area (Å²) in [6.45, 7) is -2.23. The Bertz CT molecular complexity index is 171. The maximum Gasteiger partial charge on any atom is 0.476 e. The maximum absolute atomic E-state index is 10.4. The second-order valence-electron chi connectivity index (χ2n) is 1.13. The molecule has 2 nitrogen and oxygen atoms in total. The maximum atomic E-state index is 10.4. The SMILES string of the molecule is FCC(F)(F)F.O=S(=O)(F)F. The van der Waals surface area contributed by atoms with Gasteiger partial charge in [0.15, 0.2) is 6.67 Å². The lowest BCUT2D eigenvalue weighted by Crippen LogP contribution is -2.08. The minimum absolute atomic E-state index is 2.23. The molecule has 0 spiro atoms. The summed E-state index contributed by atoms with van der Waals surface area (Å²) in [6, 6.07) is 0. The van der Waals surface area contributed by atoms with Crippen molar-refractivity contribution in [3.8, 4) is 0 Å². The first-order valence-electron chi connectivity index (χ1n) is 1.83. The summed E-state index contributed by atoms with van der Waals surface area (Å²) in [5, 5.41) is 0. The van der Waals surface area contributed by atoms with Crippen molar-refractivity contribution in [1.82, 2.24) is 0 Å². The standard InChI is InChI=1S/C2H2F4.F2O2S/c3-1-2(4,5)6;1-5(2,3)4/h1H2;. The highest BCUT2D eigenvalue weighted by atomic mass is 32.3. The van der Waals surface area contributed by atoms with Crippen LogP contribution in [0.15, 0.2) is 0 Å². The fourth-order valence-corrected chi connectivity index (χ4v) is 0. The number of alkyl halides is 4. The summed E-state index contributed by atoms with van der Waals surface area (Å²) in [5.74, 6) is 0. The van der Waals surface area contributed by atoms with Gasteiger partial charge in [0, 0.05) is 0 Å². The van der Waals surface area contributed by atoms with Gasteiger partial charge in [-0.25, -0.2) is 4.39 Å². The van der Waals surface area contributed by atoms with Gasteiger partial charge in [0.05, 0.1) is 0 Å². The fraction of sp³-hybridized carbons (Fsp3) is 1.00. The predicted molar refractivity (Wildman–Crippen MR) is 23.2 cm³/mol. The molecule has 0 aromatic carbocycles. The summed E-state index contributed by atoms with van der Waals surface area (Å²) >= 11 is 0. The molecule has 0 aliphatic rings. The molecule has 0 bridgehead atoms. The molecule has 0 heterocycles. The Balaban J connectivity index is 0. The molecular formula is C2H2F6O2S. The molecule has 0 radical (unpaired) electrons. The minimum Gasteiger partial charge on any atom is -0.241 e. The van der Waals surface area contributed by atoms with Crippen molar-refractivity contribution < 1.29 is 33.8 Å². The van der Waals surface area contributed by atoms with Gasteiger partial charge in [-0.15, -0.1) is 0 Å². The first kappa shape index (κ1) is 13.1. The predicted octanol–water partition coefficient (Wildman–Crippen LogP) is 1.69. The highest BCUT2D eigenvalue weighted by molar-refractivity contribution is 7.81. The topological polar surface area (TPSA) is 34.1 Å². The van der Waals surface area contributed by atoms with Gasteiger partial charge in [0.1, 0.15) is 0 Å². The average molecular weight is 204 g/mol. The van der Waals surface area contributed by atoms with Crippen molar-refractivity contribution in [3.05, 3.63) is 0 Å². The highest BCUT2D eigenvalue weighted by Gasteiger charge is 2.26. The zero-order chi connectivity index (χ0) is 9.71. The van der Waals surface area contributed by atoms with E-state index in [0.29, 0.717) is 0 Å². The molecule has 0 aliphatic carbocycles. The van der Waals surface area contributed by atoms with E-state index >= 15 is 0 Å². The first-order chi connectivity index (χ1) is 4.56. The Kier molecular flexibility index (Phi) is 5.28. The fourth-order valence-electron chi connectivity index (χ4n) is 0. The average Bonchev–Trinajstić information content (AvgIpc) is 1.59. The van der Waals surface area contributed by atoms with Gasteiger partial charge < -0.3 is 0 Å². The minimum atomic E-state index is -5.67. The van der Waals surface area contributed by atoms with E-state index in [0.717, 1.165) is 0 Å². The molecule has 0 aliphatic heterocycles. The second-order valence-corrected chi connectivity index (χ2v) is 1.88. The van der Waals surface area contributed by atoms with Crippen LogP contribution < -0.4 is 0 Å². The molecule has 70 valence electrons. The lowest BCUT2D eigenvalue weighted by atomic mass is 10.8. The number of halogens is 6. The molecule has 11 heavy (non-hydrogen) atoms.